The van der Waals surface area contributed by atoms with Crippen LogP contribution in [0.3, 0.4) is 0 Å². The lowest BCUT2D eigenvalue weighted by atomic mass is 10.2. The van der Waals surface area contributed by atoms with Crippen molar-refractivity contribution in [3.63, 3.8) is 0 Å². The third-order valence-corrected chi connectivity index (χ3v) is 5.98. The van der Waals surface area contributed by atoms with Gasteiger partial charge in [0.25, 0.3) is 5.56 Å². The maximum atomic E-state index is 13.8. The number of aromatic nitrogens is 3. The Morgan fingerprint density at radius 3 is 2.53 bits per heavy atom. The molecule has 0 bridgehead atoms. The Balaban J connectivity index is 2.01. The maximum absolute atomic E-state index is 13.8. The van der Waals surface area contributed by atoms with Crippen LogP contribution >= 0.6 is 0 Å². The van der Waals surface area contributed by atoms with Crippen LogP contribution in [0.15, 0.2) is 52.1 Å². The van der Waals surface area contributed by atoms with Crippen LogP contribution in [0.25, 0.3) is 27.6 Å². The number of ether oxygens (including phenoxy) is 2. The summed E-state index contributed by atoms with van der Waals surface area (Å²) in [5, 5.41) is 3.49. The van der Waals surface area contributed by atoms with Gasteiger partial charge in [-0.25, -0.2) is 9.36 Å². The topological polar surface area (TPSA) is 96.5 Å². The molecule has 4 rings (SSSR count). The van der Waals surface area contributed by atoms with Gasteiger partial charge in [-0.3, -0.25) is 14.2 Å². The number of nitrogens with one attached hydrogen (secondary N) is 1. The van der Waals surface area contributed by atoms with E-state index in [1.807, 2.05) is 25.1 Å². The lowest BCUT2D eigenvalue weighted by Crippen LogP contribution is -2.42. The second kappa shape index (κ2) is 9.56. The predicted molar refractivity (Wildman–Crippen MR) is 131 cm³/mol. The van der Waals surface area contributed by atoms with Crippen LogP contribution in [0.4, 0.5) is 0 Å². The fourth-order valence-corrected chi connectivity index (χ4v) is 4.28. The molecule has 0 aliphatic heterocycles. The molecule has 2 heterocycles. The van der Waals surface area contributed by atoms with Crippen molar-refractivity contribution in [3.05, 3.63) is 68.9 Å². The first-order valence-electron chi connectivity index (χ1n) is 11.0. The summed E-state index contributed by atoms with van der Waals surface area (Å²) < 4.78 is 14.7. The molecule has 0 unspecified atom stereocenters. The number of benzene rings is 2. The number of fused-ring (bicyclic) bond motifs is 3. The summed E-state index contributed by atoms with van der Waals surface area (Å²) >= 11 is 0. The molecular formula is C25H28N4O5. The fraction of sp³-hybridized carbons (Fsp3) is 0.320. The Morgan fingerprint density at radius 2 is 1.82 bits per heavy atom. The minimum absolute atomic E-state index is 0.231. The van der Waals surface area contributed by atoms with Crippen molar-refractivity contribution < 1.29 is 14.3 Å². The van der Waals surface area contributed by atoms with Gasteiger partial charge in [-0.1, -0.05) is 18.2 Å². The molecule has 0 saturated heterocycles. The molecule has 0 radical (unpaired) electrons. The molecule has 2 aromatic carbocycles. The number of carbonyl (C=O) groups is 1. The number of nitrogens with zero attached hydrogens (tertiary/aromatic N) is 3. The number of rotatable bonds is 8. The van der Waals surface area contributed by atoms with Crippen molar-refractivity contribution in [2.45, 2.75) is 19.9 Å². The molecule has 2 aromatic heterocycles. The van der Waals surface area contributed by atoms with Gasteiger partial charge in [-0.15, -0.1) is 0 Å². The third-order valence-electron chi connectivity index (χ3n) is 5.98. The van der Waals surface area contributed by atoms with E-state index in [9.17, 15) is 14.4 Å². The Morgan fingerprint density at radius 1 is 1.06 bits per heavy atom. The van der Waals surface area contributed by atoms with Gasteiger partial charge >= 0.3 is 5.69 Å². The molecule has 0 atom stereocenters. The van der Waals surface area contributed by atoms with Crippen LogP contribution in [0.1, 0.15) is 12.0 Å². The van der Waals surface area contributed by atoms with E-state index in [1.165, 1.54) is 4.57 Å². The normalized spacial score (nSPS) is 11.3. The summed E-state index contributed by atoms with van der Waals surface area (Å²) in [4.78, 5) is 40.3. The zero-order valence-electron chi connectivity index (χ0n) is 19.8. The van der Waals surface area contributed by atoms with Gasteiger partial charge in [0.15, 0.2) is 0 Å². The Labute approximate surface area is 196 Å². The van der Waals surface area contributed by atoms with Crippen molar-refractivity contribution in [3.8, 4) is 11.4 Å². The number of aryl methyl sites for hydroxylation is 2. The first-order chi connectivity index (χ1) is 16.4. The Bertz CT molecular complexity index is 1500. The first kappa shape index (κ1) is 23.3. The highest BCUT2D eigenvalue weighted by atomic mass is 16.5. The van der Waals surface area contributed by atoms with Gasteiger partial charge < -0.3 is 19.4 Å². The second-order valence-electron chi connectivity index (χ2n) is 8.13. The molecule has 178 valence electrons. The Kier molecular flexibility index (Phi) is 6.56. The average molecular weight is 465 g/mol. The average Bonchev–Trinajstić information content (AvgIpc) is 3.12. The van der Waals surface area contributed by atoms with Gasteiger partial charge in [0.1, 0.15) is 17.8 Å². The monoisotopic (exact) mass is 464 g/mol. The lowest BCUT2D eigenvalue weighted by Gasteiger charge is -2.14. The van der Waals surface area contributed by atoms with Crippen molar-refractivity contribution in [2.75, 3.05) is 27.4 Å². The van der Waals surface area contributed by atoms with Crippen LogP contribution in [-0.4, -0.2) is 47.0 Å². The van der Waals surface area contributed by atoms with Crippen molar-refractivity contribution >= 4 is 27.8 Å². The molecular weight excluding hydrogens is 436 g/mol. The van der Waals surface area contributed by atoms with E-state index in [-0.39, 0.29) is 12.5 Å². The van der Waals surface area contributed by atoms with Crippen LogP contribution in [0, 0.1) is 6.92 Å². The summed E-state index contributed by atoms with van der Waals surface area (Å²) in [5.74, 6) is 0.264. The summed E-state index contributed by atoms with van der Waals surface area (Å²) in [6, 6.07) is 12.6. The van der Waals surface area contributed by atoms with E-state index in [2.05, 4.69) is 5.32 Å². The van der Waals surface area contributed by atoms with Crippen LogP contribution in [0.5, 0.6) is 5.75 Å². The van der Waals surface area contributed by atoms with E-state index in [0.29, 0.717) is 47.4 Å². The highest BCUT2D eigenvalue weighted by Crippen LogP contribution is 2.29. The minimum Gasteiger partial charge on any atom is -0.497 e. The predicted octanol–water partition coefficient (Wildman–Crippen LogP) is 2.11. The highest BCUT2D eigenvalue weighted by molar-refractivity contribution is 6.06. The number of para-hydroxylation sites is 1. The third kappa shape index (κ3) is 3.99. The van der Waals surface area contributed by atoms with E-state index in [1.54, 1.807) is 50.1 Å². The lowest BCUT2D eigenvalue weighted by molar-refractivity contribution is -0.121. The SMILES string of the molecule is COCCCNC(=O)Cn1c(=O)n(-c2ccccc2C)c(=O)c2c1c1cc(OC)ccc1n2C. The number of methoxy groups -OCH3 is 2. The van der Waals surface area contributed by atoms with Crippen LogP contribution in [0.2, 0.25) is 0 Å². The standard InChI is InChI=1S/C25H28N4O5/c1-16-8-5-6-9-19(16)29-24(31)23-22(18-14-17(34-4)10-11-20(18)27(23)2)28(25(29)32)15-21(30)26-12-7-13-33-3/h5-6,8-11,14H,7,12-13,15H2,1-4H3,(H,26,30). The highest BCUT2D eigenvalue weighted by Gasteiger charge is 2.23. The summed E-state index contributed by atoms with van der Waals surface area (Å²) in [5.41, 5.74) is 1.73. The van der Waals surface area contributed by atoms with Crippen LogP contribution in [-0.2, 0) is 23.1 Å². The maximum Gasteiger partial charge on any atom is 0.336 e. The largest absolute Gasteiger partial charge is 0.497 e. The van der Waals surface area contributed by atoms with Crippen molar-refractivity contribution in [1.82, 2.24) is 19.0 Å². The van der Waals surface area contributed by atoms with Crippen molar-refractivity contribution in [1.29, 1.82) is 0 Å². The van der Waals surface area contributed by atoms with Gasteiger partial charge in [0.2, 0.25) is 5.91 Å². The quantitative estimate of drug-likeness (QED) is 0.403. The molecule has 0 fully saturated rings. The Hall–Kier alpha value is -3.85. The van der Waals surface area contributed by atoms with Gasteiger partial charge in [0.05, 0.1) is 23.8 Å². The van der Waals surface area contributed by atoms with E-state index >= 15 is 0 Å². The first-order valence-corrected chi connectivity index (χ1v) is 11.0. The molecule has 0 saturated carbocycles. The van der Waals surface area contributed by atoms with Crippen molar-refractivity contribution in [2.24, 2.45) is 7.05 Å². The molecule has 34 heavy (non-hydrogen) atoms. The van der Waals surface area contributed by atoms with E-state index in [4.69, 9.17) is 9.47 Å². The number of amides is 1. The second-order valence-corrected chi connectivity index (χ2v) is 8.13. The molecule has 9 nitrogen and oxygen atoms in total. The summed E-state index contributed by atoms with van der Waals surface area (Å²) in [6.07, 6.45) is 0.653. The minimum atomic E-state index is -0.575. The number of hydrogen-bond acceptors (Lipinski definition) is 5. The molecule has 0 aliphatic carbocycles. The number of carbonyl (C=O) groups excluding carboxylic acids is 1. The molecule has 9 heteroatoms. The summed E-state index contributed by atoms with van der Waals surface area (Å²) in [7, 11) is 4.93. The van der Waals surface area contributed by atoms with Gasteiger partial charge in [0, 0.05) is 32.7 Å². The molecule has 1 N–H and O–H groups in total. The van der Waals surface area contributed by atoms with Gasteiger partial charge in [-0.05, 0) is 43.2 Å². The van der Waals surface area contributed by atoms with Gasteiger partial charge in [-0.2, -0.15) is 0 Å². The summed E-state index contributed by atoms with van der Waals surface area (Å²) in [6.45, 7) is 2.55. The molecule has 4 aromatic rings. The smallest absolute Gasteiger partial charge is 0.336 e. The fourth-order valence-electron chi connectivity index (χ4n) is 4.28. The molecule has 1 amide bonds. The van der Waals surface area contributed by atoms with E-state index < -0.39 is 11.2 Å². The zero-order chi connectivity index (χ0) is 24.4. The number of hydrogen-bond donors (Lipinski definition) is 1. The van der Waals surface area contributed by atoms with E-state index in [0.717, 1.165) is 15.6 Å². The zero-order valence-corrected chi connectivity index (χ0v) is 19.8. The molecule has 0 spiro atoms. The molecule has 0 aliphatic rings. The van der Waals surface area contributed by atoms with Crippen LogP contribution < -0.4 is 21.3 Å².